The van der Waals surface area contributed by atoms with Crippen molar-refractivity contribution in [3.63, 3.8) is 0 Å². The van der Waals surface area contributed by atoms with Gasteiger partial charge in [-0.1, -0.05) is 6.92 Å². The molecule has 1 N–H and O–H groups in total. The Morgan fingerprint density at radius 2 is 1.68 bits per heavy atom. The predicted octanol–water partition coefficient (Wildman–Crippen LogP) is 2.02. The van der Waals surface area contributed by atoms with Crippen molar-refractivity contribution in [1.29, 1.82) is 0 Å². The van der Waals surface area contributed by atoms with Crippen molar-refractivity contribution in [2.24, 2.45) is 11.8 Å². The summed E-state index contributed by atoms with van der Waals surface area (Å²) in [7, 11) is 0. The standard InChI is InChI=1S/C14H24N2O3/c1-10-5-7-15(8-6-10)14(19)16-9-12(13(17)18)4-3-11(16)2/h10-12H,3-9H2,1-2H3,(H,17,18). The molecule has 0 aromatic rings. The first-order valence-electron chi connectivity index (χ1n) is 7.27. The topological polar surface area (TPSA) is 60.9 Å². The van der Waals surface area contributed by atoms with Crippen molar-refractivity contribution >= 4 is 12.0 Å². The number of aliphatic carboxylic acids is 1. The third-order valence-electron chi connectivity index (χ3n) is 4.53. The zero-order valence-corrected chi connectivity index (χ0v) is 11.8. The number of piperidine rings is 2. The van der Waals surface area contributed by atoms with Gasteiger partial charge in [0.15, 0.2) is 0 Å². The van der Waals surface area contributed by atoms with Crippen molar-refractivity contribution < 1.29 is 14.7 Å². The van der Waals surface area contributed by atoms with E-state index < -0.39 is 11.9 Å². The summed E-state index contributed by atoms with van der Waals surface area (Å²) >= 11 is 0. The normalized spacial score (nSPS) is 29.4. The monoisotopic (exact) mass is 268 g/mol. The molecule has 5 nitrogen and oxygen atoms in total. The van der Waals surface area contributed by atoms with Crippen LogP contribution in [0.3, 0.4) is 0 Å². The van der Waals surface area contributed by atoms with Crippen molar-refractivity contribution in [2.45, 2.75) is 45.6 Å². The Bertz CT molecular complexity index is 351. The Hall–Kier alpha value is -1.26. The molecule has 2 rings (SSSR count). The molecule has 2 amide bonds. The van der Waals surface area contributed by atoms with Gasteiger partial charge in [0.1, 0.15) is 0 Å². The molecule has 0 radical (unpaired) electrons. The Kier molecular flexibility index (Phi) is 4.32. The van der Waals surface area contributed by atoms with Crippen LogP contribution in [0.2, 0.25) is 0 Å². The summed E-state index contributed by atoms with van der Waals surface area (Å²) < 4.78 is 0. The van der Waals surface area contributed by atoms with Crippen LogP contribution < -0.4 is 0 Å². The number of hydrogen-bond acceptors (Lipinski definition) is 2. The maximum Gasteiger partial charge on any atom is 0.320 e. The van der Waals surface area contributed by atoms with Crippen LogP contribution in [0.25, 0.3) is 0 Å². The number of urea groups is 1. The number of rotatable bonds is 1. The molecule has 0 saturated carbocycles. The number of amides is 2. The van der Waals surface area contributed by atoms with Crippen LogP contribution >= 0.6 is 0 Å². The van der Waals surface area contributed by atoms with E-state index in [-0.39, 0.29) is 12.1 Å². The minimum Gasteiger partial charge on any atom is -0.481 e. The summed E-state index contributed by atoms with van der Waals surface area (Å²) in [6.07, 6.45) is 3.57. The third-order valence-corrected chi connectivity index (χ3v) is 4.53. The molecule has 0 aromatic heterocycles. The van der Waals surface area contributed by atoms with Crippen molar-refractivity contribution in [2.75, 3.05) is 19.6 Å². The zero-order valence-electron chi connectivity index (χ0n) is 11.8. The number of likely N-dealkylation sites (tertiary alicyclic amines) is 2. The first kappa shape index (κ1) is 14.2. The van der Waals surface area contributed by atoms with Crippen LogP contribution in [0.5, 0.6) is 0 Å². The van der Waals surface area contributed by atoms with E-state index >= 15 is 0 Å². The molecule has 2 atom stereocenters. The maximum absolute atomic E-state index is 12.5. The number of carboxylic acid groups (broad SMARTS) is 1. The molecule has 0 aliphatic carbocycles. The molecular formula is C14H24N2O3. The lowest BCUT2D eigenvalue weighted by molar-refractivity contribution is -0.143. The minimum absolute atomic E-state index is 0.0327. The quantitative estimate of drug-likeness (QED) is 0.791. The van der Waals surface area contributed by atoms with E-state index in [1.54, 1.807) is 4.90 Å². The molecule has 5 heteroatoms. The summed E-state index contributed by atoms with van der Waals surface area (Å²) in [5, 5.41) is 9.12. The van der Waals surface area contributed by atoms with E-state index in [2.05, 4.69) is 6.92 Å². The summed E-state index contributed by atoms with van der Waals surface area (Å²) in [5.74, 6) is -0.490. The minimum atomic E-state index is -0.781. The molecule has 0 bridgehead atoms. The first-order chi connectivity index (χ1) is 8.99. The number of hydrogen-bond donors (Lipinski definition) is 1. The molecular weight excluding hydrogens is 244 g/mol. The van der Waals surface area contributed by atoms with Crippen LogP contribution in [0.4, 0.5) is 4.79 Å². The van der Waals surface area contributed by atoms with Gasteiger partial charge in [-0.3, -0.25) is 4.79 Å². The lowest BCUT2D eigenvalue weighted by Crippen LogP contribution is -2.53. The number of carbonyl (C=O) groups is 2. The first-order valence-corrected chi connectivity index (χ1v) is 7.27. The van der Waals surface area contributed by atoms with Gasteiger partial charge in [-0.05, 0) is 38.5 Å². The molecule has 2 aliphatic rings. The SMILES string of the molecule is CC1CCN(C(=O)N2CC(C(=O)O)CCC2C)CC1. The van der Waals surface area contributed by atoms with Gasteiger partial charge in [-0.15, -0.1) is 0 Å². The van der Waals surface area contributed by atoms with Gasteiger partial charge in [0, 0.05) is 25.7 Å². The second-order valence-corrected chi connectivity index (χ2v) is 6.07. The highest BCUT2D eigenvalue weighted by Gasteiger charge is 2.35. The Labute approximate surface area is 114 Å². The molecule has 2 unspecified atom stereocenters. The van der Waals surface area contributed by atoms with Crippen molar-refractivity contribution in [1.82, 2.24) is 9.80 Å². The van der Waals surface area contributed by atoms with Crippen LogP contribution in [0, 0.1) is 11.8 Å². The highest BCUT2D eigenvalue weighted by Crippen LogP contribution is 2.25. The Morgan fingerprint density at radius 3 is 2.26 bits per heavy atom. The Balaban J connectivity index is 1.98. The molecule has 2 aliphatic heterocycles. The highest BCUT2D eigenvalue weighted by molar-refractivity contribution is 5.77. The van der Waals surface area contributed by atoms with E-state index in [9.17, 15) is 9.59 Å². The Morgan fingerprint density at radius 1 is 1.05 bits per heavy atom. The van der Waals surface area contributed by atoms with Crippen LogP contribution in [0.15, 0.2) is 0 Å². The lowest BCUT2D eigenvalue weighted by Gasteiger charge is -2.41. The molecule has 2 heterocycles. The lowest BCUT2D eigenvalue weighted by atomic mass is 9.93. The fraction of sp³-hybridized carbons (Fsp3) is 0.857. The van der Waals surface area contributed by atoms with E-state index in [1.807, 2.05) is 11.8 Å². The van der Waals surface area contributed by atoms with Crippen LogP contribution in [-0.2, 0) is 4.79 Å². The summed E-state index contributed by atoms with van der Waals surface area (Å²) in [6, 6.07) is 0.188. The summed E-state index contributed by atoms with van der Waals surface area (Å²) in [4.78, 5) is 27.2. The van der Waals surface area contributed by atoms with Crippen molar-refractivity contribution in [3.05, 3.63) is 0 Å². The molecule has 108 valence electrons. The fourth-order valence-electron chi connectivity index (χ4n) is 2.96. The molecule has 0 aromatic carbocycles. The van der Waals surface area contributed by atoms with Crippen molar-refractivity contribution in [3.8, 4) is 0 Å². The zero-order chi connectivity index (χ0) is 14.0. The van der Waals surface area contributed by atoms with Crippen LogP contribution in [0.1, 0.15) is 39.5 Å². The summed E-state index contributed by atoms with van der Waals surface area (Å²) in [5.41, 5.74) is 0. The van der Waals surface area contributed by atoms with Gasteiger partial charge in [0.05, 0.1) is 5.92 Å². The van der Waals surface area contributed by atoms with E-state index in [0.29, 0.717) is 18.9 Å². The molecule has 2 saturated heterocycles. The fourth-order valence-corrected chi connectivity index (χ4v) is 2.96. The largest absolute Gasteiger partial charge is 0.481 e. The molecule has 2 fully saturated rings. The maximum atomic E-state index is 12.5. The van der Waals surface area contributed by atoms with Gasteiger partial charge in [-0.2, -0.15) is 0 Å². The third kappa shape index (κ3) is 3.19. The molecule has 19 heavy (non-hydrogen) atoms. The van der Waals surface area contributed by atoms with E-state index in [1.165, 1.54) is 0 Å². The predicted molar refractivity (Wildman–Crippen MR) is 71.9 cm³/mol. The van der Waals surface area contributed by atoms with Gasteiger partial charge in [0.25, 0.3) is 0 Å². The smallest absolute Gasteiger partial charge is 0.320 e. The van der Waals surface area contributed by atoms with Gasteiger partial charge < -0.3 is 14.9 Å². The number of carboxylic acids is 1. The van der Waals surface area contributed by atoms with Crippen LogP contribution in [-0.4, -0.2) is 52.6 Å². The van der Waals surface area contributed by atoms with Gasteiger partial charge >= 0.3 is 12.0 Å². The van der Waals surface area contributed by atoms with Gasteiger partial charge in [0.2, 0.25) is 0 Å². The number of carbonyl (C=O) groups excluding carboxylic acids is 1. The van der Waals surface area contributed by atoms with E-state index in [0.717, 1.165) is 32.4 Å². The van der Waals surface area contributed by atoms with Gasteiger partial charge in [-0.25, -0.2) is 4.79 Å². The second-order valence-electron chi connectivity index (χ2n) is 6.07. The highest BCUT2D eigenvalue weighted by atomic mass is 16.4. The number of nitrogens with zero attached hydrogens (tertiary/aromatic N) is 2. The summed E-state index contributed by atoms with van der Waals surface area (Å²) in [6.45, 7) is 6.21. The van der Waals surface area contributed by atoms with E-state index in [4.69, 9.17) is 5.11 Å². The molecule has 0 spiro atoms. The average molecular weight is 268 g/mol. The average Bonchev–Trinajstić information content (AvgIpc) is 2.39. The second kappa shape index (κ2) is 5.80.